The smallest absolute Gasteiger partial charge is 0.270 e. The van der Waals surface area contributed by atoms with Crippen LogP contribution in [0.25, 0.3) is 5.78 Å². The lowest BCUT2D eigenvalue weighted by Crippen LogP contribution is -2.34. The van der Waals surface area contributed by atoms with Crippen LogP contribution in [0.3, 0.4) is 0 Å². The summed E-state index contributed by atoms with van der Waals surface area (Å²) < 4.78 is 13.3. The van der Waals surface area contributed by atoms with Gasteiger partial charge in [-0.25, -0.2) is 9.50 Å². The van der Waals surface area contributed by atoms with E-state index in [9.17, 15) is 4.79 Å². The van der Waals surface area contributed by atoms with Gasteiger partial charge in [0, 0.05) is 13.0 Å². The van der Waals surface area contributed by atoms with Crippen LogP contribution in [0.5, 0.6) is 11.5 Å². The first-order valence-corrected chi connectivity index (χ1v) is 8.99. The molecule has 3 heterocycles. The summed E-state index contributed by atoms with van der Waals surface area (Å²) in [4.78, 5) is 20.9. The number of para-hydroxylation sites is 2. The van der Waals surface area contributed by atoms with Crippen molar-refractivity contribution in [2.75, 3.05) is 13.2 Å². The summed E-state index contributed by atoms with van der Waals surface area (Å²) in [7, 11) is 0. The minimum absolute atomic E-state index is 0.0987. The van der Waals surface area contributed by atoms with Crippen LogP contribution in [0.2, 0.25) is 0 Å². The van der Waals surface area contributed by atoms with Gasteiger partial charge in [0.1, 0.15) is 24.7 Å². The molecular formula is C19H21N5O3. The summed E-state index contributed by atoms with van der Waals surface area (Å²) in [5.74, 6) is 1.87. The van der Waals surface area contributed by atoms with E-state index in [1.54, 1.807) is 10.6 Å². The van der Waals surface area contributed by atoms with Crippen LogP contribution in [0.1, 0.15) is 42.4 Å². The van der Waals surface area contributed by atoms with Crippen LogP contribution in [0.15, 0.2) is 36.7 Å². The van der Waals surface area contributed by atoms with E-state index in [1.807, 2.05) is 38.1 Å². The number of nitrogens with zero attached hydrogens (tertiary/aromatic N) is 4. The molecule has 0 bridgehead atoms. The average molecular weight is 367 g/mol. The van der Waals surface area contributed by atoms with Gasteiger partial charge in [-0.2, -0.15) is 10.1 Å². The lowest BCUT2D eigenvalue weighted by atomic mass is 10.1. The molecule has 1 N–H and O–H groups in total. The van der Waals surface area contributed by atoms with Crippen LogP contribution >= 0.6 is 0 Å². The molecule has 2 aromatic heterocycles. The Bertz CT molecular complexity index is 969. The first-order chi connectivity index (χ1) is 13.1. The van der Waals surface area contributed by atoms with E-state index >= 15 is 0 Å². The summed E-state index contributed by atoms with van der Waals surface area (Å²) in [5, 5.41) is 7.06. The van der Waals surface area contributed by atoms with Crippen molar-refractivity contribution in [3.8, 4) is 11.5 Å². The van der Waals surface area contributed by atoms with Crippen molar-refractivity contribution in [2.24, 2.45) is 0 Å². The second-order valence-corrected chi connectivity index (χ2v) is 6.73. The van der Waals surface area contributed by atoms with E-state index in [4.69, 9.17) is 9.47 Å². The SMILES string of the molecule is CC(C)c1cc(C(=O)NCCC2COc3ccccc3O2)nc2ncnn12. The molecule has 1 aromatic carbocycles. The number of carbonyl (C=O) groups excluding carboxylic acids is 1. The monoisotopic (exact) mass is 367 g/mol. The van der Waals surface area contributed by atoms with E-state index in [0.29, 0.717) is 31.0 Å². The number of nitrogens with one attached hydrogen (secondary N) is 1. The molecule has 3 aromatic rings. The molecule has 8 nitrogen and oxygen atoms in total. The molecular weight excluding hydrogens is 346 g/mol. The zero-order valence-corrected chi connectivity index (χ0v) is 15.3. The normalized spacial score (nSPS) is 15.9. The third-order valence-corrected chi connectivity index (χ3v) is 4.42. The number of fused-ring (bicyclic) bond motifs is 2. The second-order valence-electron chi connectivity index (χ2n) is 6.73. The minimum atomic E-state index is -0.237. The van der Waals surface area contributed by atoms with Gasteiger partial charge in [-0.05, 0) is 24.1 Å². The molecule has 1 unspecified atom stereocenters. The van der Waals surface area contributed by atoms with Gasteiger partial charge in [0.15, 0.2) is 11.5 Å². The van der Waals surface area contributed by atoms with Crippen LogP contribution in [0, 0.1) is 0 Å². The Morgan fingerprint density at radius 3 is 2.96 bits per heavy atom. The van der Waals surface area contributed by atoms with Crippen molar-refractivity contribution in [1.82, 2.24) is 24.9 Å². The van der Waals surface area contributed by atoms with Crippen molar-refractivity contribution in [3.63, 3.8) is 0 Å². The molecule has 1 atom stereocenters. The van der Waals surface area contributed by atoms with Gasteiger partial charge in [0.2, 0.25) is 0 Å². The highest BCUT2D eigenvalue weighted by atomic mass is 16.6. The van der Waals surface area contributed by atoms with Gasteiger partial charge < -0.3 is 14.8 Å². The van der Waals surface area contributed by atoms with Gasteiger partial charge in [-0.3, -0.25) is 4.79 Å². The Labute approximate surface area is 156 Å². The van der Waals surface area contributed by atoms with E-state index in [0.717, 1.165) is 17.2 Å². The molecule has 27 heavy (non-hydrogen) atoms. The Morgan fingerprint density at radius 2 is 2.15 bits per heavy atom. The van der Waals surface area contributed by atoms with Crippen LogP contribution < -0.4 is 14.8 Å². The average Bonchev–Trinajstić information content (AvgIpc) is 3.15. The van der Waals surface area contributed by atoms with Crippen molar-refractivity contribution in [3.05, 3.63) is 48.0 Å². The third kappa shape index (κ3) is 3.55. The standard InChI is InChI=1S/C19H21N5O3/c1-12(2)15-9-14(23-19-21-11-22-24(15)19)18(25)20-8-7-13-10-26-16-5-3-4-6-17(16)27-13/h3-6,9,11-13H,7-8,10H2,1-2H3,(H,20,25). The minimum Gasteiger partial charge on any atom is -0.486 e. The van der Waals surface area contributed by atoms with Gasteiger partial charge >= 0.3 is 0 Å². The molecule has 0 aliphatic carbocycles. The van der Waals surface area contributed by atoms with E-state index < -0.39 is 0 Å². The number of ether oxygens (including phenoxy) is 2. The topological polar surface area (TPSA) is 90.6 Å². The predicted octanol–water partition coefficient (Wildman–Crippen LogP) is 2.21. The first kappa shape index (κ1) is 17.3. The zero-order chi connectivity index (χ0) is 18.8. The van der Waals surface area contributed by atoms with Gasteiger partial charge in [-0.1, -0.05) is 26.0 Å². The number of hydrogen-bond donors (Lipinski definition) is 1. The van der Waals surface area contributed by atoms with Gasteiger partial charge in [0.25, 0.3) is 11.7 Å². The largest absolute Gasteiger partial charge is 0.486 e. The van der Waals surface area contributed by atoms with E-state index in [-0.39, 0.29) is 17.9 Å². The van der Waals surface area contributed by atoms with E-state index in [1.165, 1.54) is 6.33 Å². The maximum absolute atomic E-state index is 12.5. The number of hydrogen-bond acceptors (Lipinski definition) is 6. The van der Waals surface area contributed by atoms with Gasteiger partial charge in [-0.15, -0.1) is 0 Å². The molecule has 140 valence electrons. The lowest BCUT2D eigenvalue weighted by molar-refractivity contribution is 0.0811. The van der Waals surface area contributed by atoms with E-state index in [2.05, 4.69) is 20.4 Å². The molecule has 0 fully saturated rings. The fourth-order valence-corrected chi connectivity index (χ4v) is 3.01. The number of rotatable bonds is 5. The van der Waals surface area contributed by atoms with Crippen LogP contribution in [0.4, 0.5) is 0 Å². The Kier molecular flexibility index (Phi) is 4.62. The molecule has 0 saturated carbocycles. The summed E-state index contributed by atoms with van der Waals surface area (Å²) in [6.07, 6.45) is 1.98. The molecule has 1 aliphatic rings. The molecule has 4 rings (SSSR count). The highest BCUT2D eigenvalue weighted by Gasteiger charge is 2.21. The van der Waals surface area contributed by atoms with Crippen molar-refractivity contribution in [2.45, 2.75) is 32.3 Å². The number of benzene rings is 1. The van der Waals surface area contributed by atoms with Crippen LogP contribution in [-0.2, 0) is 0 Å². The highest BCUT2D eigenvalue weighted by Crippen LogP contribution is 2.31. The molecule has 0 radical (unpaired) electrons. The second kappa shape index (κ2) is 7.22. The first-order valence-electron chi connectivity index (χ1n) is 8.99. The summed E-state index contributed by atoms with van der Waals surface area (Å²) in [6, 6.07) is 9.34. The number of amides is 1. The lowest BCUT2D eigenvalue weighted by Gasteiger charge is -2.26. The summed E-state index contributed by atoms with van der Waals surface area (Å²) in [5.41, 5.74) is 1.23. The fourth-order valence-electron chi connectivity index (χ4n) is 3.01. The third-order valence-electron chi connectivity index (χ3n) is 4.42. The Morgan fingerprint density at radius 1 is 1.33 bits per heavy atom. The summed E-state index contributed by atoms with van der Waals surface area (Å²) in [6.45, 7) is 5.01. The Balaban J connectivity index is 1.38. The predicted molar refractivity (Wildman–Crippen MR) is 98.2 cm³/mol. The zero-order valence-electron chi connectivity index (χ0n) is 15.3. The molecule has 8 heteroatoms. The molecule has 1 amide bonds. The number of carbonyl (C=O) groups is 1. The highest BCUT2D eigenvalue weighted by molar-refractivity contribution is 5.92. The van der Waals surface area contributed by atoms with Gasteiger partial charge in [0.05, 0.1) is 5.69 Å². The number of aromatic nitrogens is 4. The maximum Gasteiger partial charge on any atom is 0.270 e. The molecule has 0 saturated heterocycles. The quantitative estimate of drug-likeness (QED) is 0.743. The molecule has 0 spiro atoms. The van der Waals surface area contributed by atoms with Crippen molar-refractivity contribution in [1.29, 1.82) is 0 Å². The fraction of sp³-hybridized carbons (Fsp3) is 0.368. The summed E-state index contributed by atoms with van der Waals surface area (Å²) >= 11 is 0. The maximum atomic E-state index is 12.5. The van der Waals surface area contributed by atoms with Crippen molar-refractivity contribution < 1.29 is 14.3 Å². The molecule has 1 aliphatic heterocycles. The van der Waals surface area contributed by atoms with Crippen LogP contribution in [-0.4, -0.2) is 44.7 Å². The van der Waals surface area contributed by atoms with Crippen molar-refractivity contribution >= 4 is 11.7 Å². The Hall–Kier alpha value is -3.16.